The van der Waals surface area contributed by atoms with Crippen molar-refractivity contribution in [1.29, 1.82) is 0 Å². The fourth-order valence-corrected chi connectivity index (χ4v) is 0.0802. The predicted molar refractivity (Wildman–Crippen MR) is 18.1 cm³/mol. The van der Waals surface area contributed by atoms with E-state index in [0.29, 0.717) is 7.11 Å². The largest absolute Gasteiger partial charge is 0.448 e. The average Bonchev–Trinajstić information content (AvgIpc) is 1.67. The molecule has 0 fully saturated rings. The van der Waals surface area contributed by atoms with E-state index in [-0.39, 0.29) is 0 Å². The maximum atomic E-state index is 11.3. The first-order chi connectivity index (χ1) is 3.50. The molecule has 5 heteroatoms. The van der Waals surface area contributed by atoms with Crippen LogP contribution in [0.1, 0.15) is 0 Å². The first-order valence-corrected chi connectivity index (χ1v) is 1.63. The van der Waals surface area contributed by atoms with Crippen LogP contribution in [0.5, 0.6) is 0 Å². The van der Waals surface area contributed by atoms with Gasteiger partial charge in [0.05, 0.1) is 0 Å². The van der Waals surface area contributed by atoms with Crippen molar-refractivity contribution in [1.82, 2.24) is 0 Å². The van der Waals surface area contributed by atoms with Crippen LogP contribution in [0.25, 0.3) is 0 Å². The van der Waals surface area contributed by atoms with Gasteiger partial charge in [-0.1, -0.05) is 0 Å². The van der Waals surface area contributed by atoms with E-state index >= 15 is 0 Å². The van der Waals surface area contributed by atoms with Crippen LogP contribution < -0.4 is 0 Å². The lowest BCUT2D eigenvalue weighted by atomic mass is 10.7. The molecule has 0 aliphatic carbocycles. The van der Waals surface area contributed by atoms with Gasteiger partial charge >= 0.3 is 12.1 Å². The summed E-state index contributed by atoms with van der Waals surface area (Å²) in [4.78, 5) is 9.15. The standard InChI is InChI=1S/C3H3F3O2/c1-8-3(5,6)2(4)7/h1H3. The van der Waals surface area contributed by atoms with Gasteiger partial charge in [0.15, 0.2) is 0 Å². The van der Waals surface area contributed by atoms with E-state index in [2.05, 4.69) is 4.74 Å². The highest BCUT2D eigenvalue weighted by atomic mass is 19.3. The van der Waals surface area contributed by atoms with Crippen LogP contribution in [-0.2, 0) is 9.53 Å². The first-order valence-electron chi connectivity index (χ1n) is 1.63. The van der Waals surface area contributed by atoms with E-state index in [1.54, 1.807) is 0 Å². The van der Waals surface area contributed by atoms with E-state index in [1.807, 2.05) is 0 Å². The van der Waals surface area contributed by atoms with Crippen LogP contribution >= 0.6 is 0 Å². The van der Waals surface area contributed by atoms with Crippen LogP contribution in [0.3, 0.4) is 0 Å². The van der Waals surface area contributed by atoms with Gasteiger partial charge in [-0.15, -0.1) is 0 Å². The lowest BCUT2D eigenvalue weighted by Crippen LogP contribution is -2.26. The molecule has 0 saturated carbocycles. The molecule has 0 unspecified atom stereocenters. The smallest absolute Gasteiger partial charge is 0.315 e. The first kappa shape index (κ1) is 7.42. The van der Waals surface area contributed by atoms with Gasteiger partial charge in [-0.2, -0.15) is 13.2 Å². The second-order valence-electron chi connectivity index (χ2n) is 0.995. The van der Waals surface area contributed by atoms with E-state index in [1.165, 1.54) is 0 Å². The van der Waals surface area contributed by atoms with E-state index in [4.69, 9.17) is 4.79 Å². The summed E-state index contributed by atoms with van der Waals surface area (Å²) >= 11 is 0. The third-order valence-electron chi connectivity index (χ3n) is 0.485. The number of carbonyl (C=O) groups excluding carboxylic acids is 1. The molecule has 0 saturated heterocycles. The van der Waals surface area contributed by atoms with E-state index < -0.39 is 12.1 Å². The molecule has 0 amide bonds. The third-order valence-corrected chi connectivity index (χ3v) is 0.485. The van der Waals surface area contributed by atoms with Crippen molar-refractivity contribution in [3.05, 3.63) is 0 Å². The maximum Gasteiger partial charge on any atom is 0.448 e. The number of alkyl halides is 2. The quantitative estimate of drug-likeness (QED) is 0.512. The second kappa shape index (κ2) is 2.13. The predicted octanol–water partition coefficient (Wildman–Crippen LogP) is 0.722. The summed E-state index contributed by atoms with van der Waals surface area (Å²) < 4.78 is 36.8. The summed E-state index contributed by atoms with van der Waals surface area (Å²) in [6.07, 6.45) is -4.26. The minimum atomic E-state index is -4.26. The Morgan fingerprint density at radius 2 is 2.00 bits per heavy atom. The van der Waals surface area contributed by atoms with Crippen LogP contribution in [-0.4, -0.2) is 19.3 Å². The number of hydrogen-bond donors (Lipinski definition) is 0. The van der Waals surface area contributed by atoms with Crippen molar-refractivity contribution in [2.24, 2.45) is 0 Å². The number of hydrogen-bond acceptors (Lipinski definition) is 2. The van der Waals surface area contributed by atoms with Crippen LogP contribution in [0, 0.1) is 0 Å². The molecule has 0 aromatic carbocycles. The monoisotopic (exact) mass is 128 g/mol. The molecule has 0 aromatic rings. The zero-order valence-electron chi connectivity index (χ0n) is 3.95. The molecule has 0 bridgehead atoms. The molecule has 8 heavy (non-hydrogen) atoms. The normalized spacial score (nSPS) is 11.5. The number of rotatable bonds is 2. The fraction of sp³-hybridized carbons (Fsp3) is 0.667. The Morgan fingerprint density at radius 3 is 2.00 bits per heavy atom. The summed E-state index contributed by atoms with van der Waals surface area (Å²) in [5.41, 5.74) is 0. The van der Waals surface area contributed by atoms with Crippen LogP contribution in [0.2, 0.25) is 0 Å². The molecule has 0 aromatic heterocycles. The Labute approximate surface area is 43.2 Å². The van der Waals surface area contributed by atoms with Crippen molar-refractivity contribution in [3.63, 3.8) is 0 Å². The fourth-order valence-electron chi connectivity index (χ4n) is 0.0802. The second-order valence-corrected chi connectivity index (χ2v) is 0.995. The summed E-state index contributed by atoms with van der Waals surface area (Å²) in [6.45, 7) is 0. The summed E-state index contributed by atoms with van der Waals surface area (Å²) in [7, 11) is 0.539. The van der Waals surface area contributed by atoms with Gasteiger partial charge in [0.1, 0.15) is 0 Å². The third kappa shape index (κ3) is 1.49. The molecule has 2 nitrogen and oxygen atoms in total. The molecule has 0 radical (unpaired) electrons. The molecule has 48 valence electrons. The van der Waals surface area contributed by atoms with Crippen molar-refractivity contribution in [3.8, 4) is 0 Å². The van der Waals surface area contributed by atoms with Crippen LogP contribution in [0.4, 0.5) is 13.2 Å². The minimum absolute atomic E-state index is 0.539. The van der Waals surface area contributed by atoms with E-state index in [9.17, 15) is 13.2 Å². The van der Waals surface area contributed by atoms with Gasteiger partial charge < -0.3 is 4.74 Å². The highest BCUT2D eigenvalue weighted by Gasteiger charge is 2.39. The molecule has 0 aliphatic heterocycles. The van der Waals surface area contributed by atoms with Gasteiger partial charge in [0.25, 0.3) is 0 Å². The summed E-state index contributed by atoms with van der Waals surface area (Å²) in [6, 6.07) is -2.78. The van der Waals surface area contributed by atoms with Gasteiger partial charge in [-0.25, -0.2) is 0 Å². The zero-order chi connectivity index (χ0) is 6.78. The van der Waals surface area contributed by atoms with E-state index in [0.717, 1.165) is 0 Å². The lowest BCUT2D eigenvalue weighted by molar-refractivity contribution is -0.227. The lowest BCUT2D eigenvalue weighted by Gasteiger charge is -2.04. The topological polar surface area (TPSA) is 26.3 Å². The van der Waals surface area contributed by atoms with Gasteiger partial charge in [0.2, 0.25) is 0 Å². The maximum absolute atomic E-state index is 11.3. The minimum Gasteiger partial charge on any atom is -0.315 e. The average molecular weight is 128 g/mol. The number of carbonyl (C=O) groups is 1. The Balaban J connectivity index is 3.91. The molecule has 0 N–H and O–H groups in total. The Kier molecular flexibility index (Phi) is 1.97. The number of halogens is 3. The molecule has 0 rings (SSSR count). The molecule has 0 aliphatic rings. The Morgan fingerprint density at radius 1 is 1.62 bits per heavy atom. The van der Waals surface area contributed by atoms with Crippen LogP contribution in [0.15, 0.2) is 0 Å². The number of ether oxygens (including phenoxy) is 1. The molecule has 0 heterocycles. The molecule has 0 spiro atoms. The van der Waals surface area contributed by atoms with Gasteiger partial charge in [-0.3, -0.25) is 4.79 Å². The van der Waals surface area contributed by atoms with Crippen molar-refractivity contribution >= 4 is 6.04 Å². The zero-order valence-corrected chi connectivity index (χ0v) is 3.95. The van der Waals surface area contributed by atoms with Crippen molar-refractivity contribution in [2.75, 3.05) is 7.11 Å². The Bertz CT molecular complexity index is 101. The van der Waals surface area contributed by atoms with Gasteiger partial charge in [0, 0.05) is 7.11 Å². The highest BCUT2D eigenvalue weighted by Crippen LogP contribution is 2.14. The highest BCUT2D eigenvalue weighted by molar-refractivity contribution is 5.74. The molecular weight excluding hydrogens is 125 g/mol. The molecule has 0 atom stereocenters. The van der Waals surface area contributed by atoms with Crippen molar-refractivity contribution < 1.29 is 22.7 Å². The van der Waals surface area contributed by atoms with Crippen molar-refractivity contribution in [2.45, 2.75) is 6.11 Å². The molecular formula is C3H3F3O2. The van der Waals surface area contributed by atoms with Gasteiger partial charge in [-0.05, 0) is 0 Å². The summed E-state index contributed by atoms with van der Waals surface area (Å²) in [5.74, 6) is 0. The Hall–Kier alpha value is -0.580. The summed E-state index contributed by atoms with van der Waals surface area (Å²) in [5, 5.41) is 0. The number of methoxy groups -OCH3 is 1. The SMILES string of the molecule is COC(F)(F)C(=O)F.